The average molecular weight is 391 g/mol. The Morgan fingerprint density at radius 1 is 1.08 bits per heavy atom. The highest BCUT2D eigenvalue weighted by Crippen LogP contribution is 2.20. The second-order valence-corrected chi connectivity index (χ2v) is 5.34. The van der Waals surface area contributed by atoms with Crippen molar-refractivity contribution >= 4 is 45.3 Å². The lowest BCUT2D eigenvalue weighted by Gasteiger charge is -2.05. The number of carbonyl (C=O) groups is 2. The molecule has 2 rings (SSSR count). The minimum atomic E-state index is -0.941. The molecule has 0 radical (unpaired) electrons. The number of nitro benzene ring substituents is 1. The molecule has 0 saturated heterocycles. The van der Waals surface area contributed by atoms with Gasteiger partial charge in [-0.2, -0.15) is 5.10 Å². The fourth-order valence-electron chi connectivity index (χ4n) is 1.64. The number of anilines is 1. The van der Waals surface area contributed by atoms with Crippen LogP contribution < -0.4 is 10.7 Å². The molecule has 0 heterocycles. The van der Waals surface area contributed by atoms with E-state index in [9.17, 15) is 19.7 Å². The predicted molar refractivity (Wildman–Crippen MR) is 91.6 cm³/mol. The van der Waals surface area contributed by atoms with Crippen LogP contribution in [0.15, 0.2) is 58.1 Å². The van der Waals surface area contributed by atoms with Crippen LogP contribution in [0.5, 0.6) is 0 Å². The number of para-hydroxylation sites is 1. The minimum Gasteiger partial charge on any atom is -0.317 e. The van der Waals surface area contributed by atoms with E-state index in [4.69, 9.17) is 0 Å². The first-order valence-electron chi connectivity index (χ1n) is 6.61. The lowest BCUT2D eigenvalue weighted by atomic mass is 10.2. The number of benzene rings is 2. The van der Waals surface area contributed by atoms with Crippen LogP contribution in [-0.2, 0) is 9.59 Å². The monoisotopic (exact) mass is 390 g/mol. The van der Waals surface area contributed by atoms with Crippen molar-refractivity contribution in [2.45, 2.75) is 0 Å². The third-order valence-corrected chi connectivity index (χ3v) is 3.50. The first kappa shape index (κ1) is 17.3. The molecule has 0 bridgehead atoms. The number of halogens is 1. The molecule has 2 N–H and O–H groups in total. The smallest absolute Gasteiger partial charge is 0.317 e. The number of hydrogen-bond donors (Lipinski definition) is 2. The van der Waals surface area contributed by atoms with Gasteiger partial charge in [-0.3, -0.25) is 19.7 Å². The highest BCUT2D eigenvalue weighted by molar-refractivity contribution is 9.10. The number of hydrazone groups is 1. The van der Waals surface area contributed by atoms with Crippen molar-refractivity contribution in [3.63, 3.8) is 0 Å². The summed E-state index contributed by atoms with van der Waals surface area (Å²) >= 11 is 3.25. The van der Waals surface area contributed by atoms with Gasteiger partial charge in [0.1, 0.15) is 0 Å². The third kappa shape index (κ3) is 4.71. The number of carbonyl (C=O) groups excluding carboxylic acids is 2. The Balaban J connectivity index is 1.91. The van der Waals surface area contributed by atoms with E-state index >= 15 is 0 Å². The van der Waals surface area contributed by atoms with Crippen LogP contribution in [0.2, 0.25) is 0 Å². The number of non-ortho nitro benzene ring substituents is 1. The lowest BCUT2D eigenvalue weighted by molar-refractivity contribution is -0.384. The second-order valence-electron chi connectivity index (χ2n) is 4.48. The molecule has 2 aromatic rings. The van der Waals surface area contributed by atoms with E-state index in [0.717, 1.165) is 0 Å². The van der Waals surface area contributed by atoms with Crippen molar-refractivity contribution in [3.05, 3.63) is 68.7 Å². The van der Waals surface area contributed by atoms with Crippen molar-refractivity contribution in [3.8, 4) is 0 Å². The molecule has 0 aliphatic heterocycles. The number of nitrogens with one attached hydrogen (secondary N) is 2. The molecule has 0 atom stereocenters. The van der Waals surface area contributed by atoms with Crippen LogP contribution in [0.1, 0.15) is 5.56 Å². The van der Waals surface area contributed by atoms with E-state index in [-0.39, 0.29) is 5.69 Å². The first-order valence-corrected chi connectivity index (χ1v) is 7.40. The molecule has 8 nitrogen and oxygen atoms in total. The fraction of sp³-hybridized carbons (Fsp3) is 0. The summed E-state index contributed by atoms with van der Waals surface area (Å²) in [4.78, 5) is 33.4. The number of nitro groups is 1. The Kier molecular flexibility index (Phi) is 5.74. The predicted octanol–water partition coefficient (Wildman–Crippen LogP) is 2.45. The van der Waals surface area contributed by atoms with Gasteiger partial charge in [0.25, 0.3) is 5.69 Å². The van der Waals surface area contributed by atoms with Gasteiger partial charge in [0.05, 0.1) is 16.8 Å². The van der Waals surface area contributed by atoms with E-state index in [1.54, 1.807) is 24.3 Å². The van der Waals surface area contributed by atoms with Gasteiger partial charge in [0.15, 0.2) is 0 Å². The molecule has 24 heavy (non-hydrogen) atoms. The molecule has 2 amide bonds. The van der Waals surface area contributed by atoms with E-state index in [1.165, 1.54) is 30.5 Å². The Bertz CT molecular complexity index is 805. The Labute approximate surface area is 144 Å². The summed E-state index contributed by atoms with van der Waals surface area (Å²) in [5, 5.41) is 16.6. The summed E-state index contributed by atoms with van der Waals surface area (Å²) in [5.74, 6) is -1.81. The molecule has 0 unspecified atom stereocenters. The Morgan fingerprint density at radius 2 is 1.75 bits per heavy atom. The van der Waals surface area contributed by atoms with E-state index < -0.39 is 16.7 Å². The summed E-state index contributed by atoms with van der Waals surface area (Å²) in [6, 6.07) is 12.4. The molecule has 2 aromatic carbocycles. The SMILES string of the molecule is O=C(N/N=C/c1ccc([N+](=O)[O-])cc1)C(=O)Nc1ccccc1Br. The zero-order valence-corrected chi connectivity index (χ0v) is 13.7. The van der Waals surface area contributed by atoms with Crippen molar-refractivity contribution in [2.24, 2.45) is 5.10 Å². The van der Waals surface area contributed by atoms with Gasteiger partial charge in [0.2, 0.25) is 0 Å². The number of hydrogen-bond acceptors (Lipinski definition) is 5. The maximum atomic E-state index is 11.7. The lowest BCUT2D eigenvalue weighted by Crippen LogP contribution is -2.32. The van der Waals surface area contributed by atoms with Gasteiger partial charge in [0, 0.05) is 16.6 Å². The summed E-state index contributed by atoms with van der Waals surface area (Å²) in [6.45, 7) is 0. The normalized spacial score (nSPS) is 10.4. The topological polar surface area (TPSA) is 114 Å². The van der Waals surface area contributed by atoms with E-state index in [1.807, 2.05) is 0 Å². The molecule has 0 fully saturated rings. The summed E-state index contributed by atoms with van der Waals surface area (Å²) in [5.41, 5.74) is 3.02. The van der Waals surface area contributed by atoms with E-state index in [2.05, 4.69) is 31.8 Å². The zero-order chi connectivity index (χ0) is 17.5. The molecule has 0 aliphatic carbocycles. The van der Waals surface area contributed by atoms with Crippen LogP contribution in [0.4, 0.5) is 11.4 Å². The van der Waals surface area contributed by atoms with Gasteiger partial charge in [-0.1, -0.05) is 12.1 Å². The van der Waals surface area contributed by atoms with Crippen LogP contribution >= 0.6 is 15.9 Å². The zero-order valence-electron chi connectivity index (χ0n) is 12.1. The molecule has 9 heteroatoms. The Hall–Kier alpha value is -3.07. The maximum absolute atomic E-state index is 11.7. The molecule has 0 aromatic heterocycles. The second kappa shape index (κ2) is 7.97. The molecule has 0 spiro atoms. The summed E-state index contributed by atoms with van der Waals surface area (Å²) in [6.07, 6.45) is 1.27. The number of nitrogens with zero attached hydrogens (tertiary/aromatic N) is 2. The summed E-state index contributed by atoms with van der Waals surface area (Å²) in [7, 11) is 0. The van der Waals surface area contributed by atoms with Crippen LogP contribution in [0, 0.1) is 10.1 Å². The quantitative estimate of drug-likeness (QED) is 0.361. The first-order chi connectivity index (χ1) is 11.5. The van der Waals surface area contributed by atoms with Crippen molar-refractivity contribution < 1.29 is 14.5 Å². The number of amides is 2. The van der Waals surface area contributed by atoms with Crippen molar-refractivity contribution in [2.75, 3.05) is 5.32 Å². The van der Waals surface area contributed by atoms with Gasteiger partial charge < -0.3 is 5.32 Å². The highest BCUT2D eigenvalue weighted by Gasteiger charge is 2.13. The van der Waals surface area contributed by atoms with Crippen LogP contribution in [0.3, 0.4) is 0 Å². The number of rotatable bonds is 4. The van der Waals surface area contributed by atoms with Gasteiger partial charge in [-0.25, -0.2) is 5.43 Å². The van der Waals surface area contributed by atoms with E-state index in [0.29, 0.717) is 15.7 Å². The van der Waals surface area contributed by atoms with Crippen LogP contribution in [0.25, 0.3) is 0 Å². The molecule has 0 aliphatic rings. The summed E-state index contributed by atoms with van der Waals surface area (Å²) < 4.78 is 0.639. The largest absolute Gasteiger partial charge is 0.329 e. The third-order valence-electron chi connectivity index (χ3n) is 2.81. The van der Waals surface area contributed by atoms with Gasteiger partial charge in [-0.05, 0) is 45.8 Å². The standard InChI is InChI=1S/C15H11BrN4O4/c16-12-3-1-2-4-13(12)18-14(21)15(22)19-17-9-10-5-7-11(8-6-10)20(23)24/h1-9H,(H,18,21)(H,19,22)/b17-9+. The highest BCUT2D eigenvalue weighted by atomic mass is 79.9. The van der Waals surface area contributed by atoms with Gasteiger partial charge >= 0.3 is 11.8 Å². The molecular formula is C15H11BrN4O4. The average Bonchev–Trinajstić information content (AvgIpc) is 2.57. The fourth-order valence-corrected chi connectivity index (χ4v) is 2.02. The maximum Gasteiger partial charge on any atom is 0.329 e. The molecule has 122 valence electrons. The van der Waals surface area contributed by atoms with Crippen molar-refractivity contribution in [1.29, 1.82) is 0 Å². The van der Waals surface area contributed by atoms with Crippen molar-refractivity contribution in [1.82, 2.24) is 5.43 Å². The van der Waals surface area contributed by atoms with Crippen LogP contribution in [-0.4, -0.2) is 23.0 Å². The molecule has 0 saturated carbocycles. The minimum absolute atomic E-state index is 0.0519. The molecular weight excluding hydrogens is 380 g/mol. The Morgan fingerprint density at radius 3 is 2.38 bits per heavy atom. The van der Waals surface area contributed by atoms with Gasteiger partial charge in [-0.15, -0.1) is 0 Å².